The Morgan fingerprint density at radius 1 is 1.08 bits per heavy atom. The van der Waals surface area contributed by atoms with Crippen molar-refractivity contribution in [3.8, 4) is 0 Å². The van der Waals surface area contributed by atoms with Crippen molar-refractivity contribution in [1.82, 2.24) is 0 Å². The normalized spacial score (nSPS) is 10.2. The summed E-state index contributed by atoms with van der Waals surface area (Å²) in [6.07, 6.45) is 0. The first kappa shape index (κ1) is 17.6. The lowest BCUT2D eigenvalue weighted by Crippen LogP contribution is -2.14. The molecule has 2 aromatic rings. The lowest BCUT2D eigenvalue weighted by atomic mass is 10.1. The minimum atomic E-state index is -0.808. The van der Waals surface area contributed by atoms with Crippen LogP contribution in [0, 0.1) is 5.82 Å². The van der Waals surface area contributed by atoms with Crippen LogP contribution in [-0.4, -0.2) is 24.8 Å². The van der Waals surface area contributed by atoms with Crippen molar-refractivity contribution >= 4 is 34.9 Å². The number of methoxy groups -OCH3 is 1. The number of nitrogens with one attached hydrogen (secondary N) is 1. The van der Waals surface area contributed by atoms with Gasteiger partial charge < -0.3 is 10.1 Å². The number of benzene rings is 2. The minimum absolute atomic E-state index is 0.0899. The Kier molecular flexibility index (Phi) is 5.31. The first-order valence-corrected chi connectivity index (χ1v) is 7.21. The number of halogens is 2. The number of esters is 1. The highest BCUT2D eigenvalue weighted by Gasteiger charge is 2.15. The number of ether oxygens (including phenoxy) is 1. The molecule has 1 amide bonds. The number of Topliss-reactive ketones (excluding diaryl/α,β-unsaturated/α-hetero) is 1. The van der Waals surface area contributed by atoms with Crippen LogP contribution in [0.5, 0.6) is 0 Å². The zero-order chi connectivity index (χ0) is 17.9. The Labute approximate surface area is 142 Å². The quantitative estimate of drug-likeness (QED) is 0.674. The van der Waals surface area contributed by atoms with Crippen molar-refractivity contribution in [1.29, 1.82) is 0 Å². The topological polar surface area (TPSA) is 72.5 Å². The van der Waals surface area contributed by atoms with Gasteiger partial charge in [0, 0.05) is 11.3 Å². The summed E-state index contributed by atoms with van der Waals surface area (Å²) in [6.45, 7) is 1.30. The molecule has 7 heteroatoms. The van der Waals surface area contributed by atoms with Crippen LogP contribution >= 0.6 is 11.6 Å². The highest BCUT2D eigenvalue weighted by molar-refractivity contribution is 6.34. The molecule has 0 spiro atoms. The number of ketones is 1. The summed E-state index contributed by atoms with van der Waals surface area (Å²) in [5.74, 6) is -2.42. The molecule has 0 saturated carbocycles. The van der Waals surface area contributed by atoms with E-state index in [4.69, 9.17) is 11.6 Å². The van der Waals surface area contributed by atoms with Gasteiger partial charge >= 0.3 is 5.97 Å². The van der Waals surface area contributed by atoms with Crippen molar-refractivity contribution in [2.24, 2.45) is 0 Å². The summed E-state index contributed by atoms with van der Waals surface area (Å²) in [5, 5.41) is 2.56. The molecule has 0 bridgehead atoms. The van der Waals surface area contributed by atoms with Gasteiger partial charge in [0.25, 0.3) is 5.91 Å². The van der Waals surface area contributed by atoms with Crippen molar-refractivity contribution < 1.29 is 23.5 Å². The van der Waals surface area contributed by atoms with Crippen LogP contribution < -0.4 is 5.32 Å². The van der Waals surface area contributed by atoms with Crippen LogP contribution in [0.4, 0.5) is 10.1 Å². The molecule has 2 aromatic carbocycles. The molecule has 0 aromatic heterocycles. The Morgan fingerprint density at radius 3 is 2.29 bits per heavy atom. The van der Waals surface area contributed by atoms with E-state index in [1.807, 2.05) is 0 Å². The summed E-state index contributed by atoms with van der Waals surface area (Å²) in [7, 11) is 1.22. The monoisotopic (exact) mass is 349 g/mol. The standard InChI is InChI=1S/C17H13ClFNO4/c1-9(21)10-3-5-13(15(19)7-10)16(22)20-11-4-6-12(14(18)8-11)17(23)24-2/h3-8H,1-2H3,(H,20,22). The van der Waals surface area contributed by atoms with Crippen LogP contribution in [-0.2, 0) is 4.74 Å². The molecule has 0 saturated heterocycles. The van der Waals surface area contributed by atoms with Gasteiger partial charge in [0.15, 0.2) is 5.78 Å². The average molecular weight is 350 g/mol. The second kappa shape index (κ2) is 7.23. The number of hydrogen-bond acceptors (Lipinski definition) is 4. The number of hydrogen-bond donors (Lipinski definition) is 1. The summed E-state index contributed by atoms with van der Waals surface area (Å²) in [5.41, 5.74) is 0.393. The molecule has 2 rings (SSSR count). The van der Waals surface area contributed by atoms with Crippen molar-refractivity contribution in [3.63, 3.8) is 0 Å². The van der Waals surface area contributed by atoms with E-state index in [1.54, 1.807) is 0 Å². The van der Waals surface area contributed by atoms with Gasteiger partial charge in [-0.15, -0.1) is 0 Å². The van der Waals surface area contributed by atoms with Gasteiger partial charge in [0.2, 0.25) is 0 Å². The predicted molar refractivity (Wildman–Crippen MR) is 87.1 cm³/mol. The maximum absolute atomic E-state index is 14.0. The number of amides is 1. The van der Waals surface area contributed by atoms with Crippen LogP contribution in [0.1, 0.15) is 38.0 Å². The zero-order valence-corrected chi connectivity index (χ0v) is 13.6. The molecule has 0 aliphatic carbocycles. The van der Waals surface area contributed by atoms with E-state index in [2.05, 4.69) is 10.1 Å². The summed E-state index contributed by atoms with van der Waals surface area (Å²) in [6, 6.07) is 7.79. The SMILES string of the molecule is COC(=O)c1ccc(NC(=O)c2ccc(C(C)=O)cc2F)cc1Cl. The second-order valence-electron chi connectivity index (χ2n) is 4.89. The van der Waals surface area contributed by atoms with Gasteiger partial charge in [-0.05, 0) is 37.3 Å². The van der Waals surface area contributed by atoms with Gasteiger partial charge in [-0.2, -0.15) is 0 Å². The fourth-order valence-corrected chi connectivity index (χ4v) is 2.24. The Balaban J connectivity index is 2.22. The molecule has 0 fully saturated rings. The third kappa shape index (κ3) is 3.78. The molecule has 24 heavy (non-hydrogen) atoms. The Hall–Kier alpha value is -2.73. The predicted octanol–water partition coefficient (Wildman–Crippen LogP) is 3.72. The minimum Gasteiger partial charge on any atom is -0.465 e. The second-order valence-corrected chi connectivity index (χ2v) is 5.30. The van der Waals surface area contributed by atoms with Crippen molar-refractivity contribution in [3.05, 3.63) is 63.9 Å². The highest BCUT2D eigenvalue weighted by atomic mass is 35.5. The van der Waals surface area contributed by atoms with E-state index in [1.165, 1.54) is 44.4 Å². The molecule has 0 radical (unpaired) electrons. The fraction of sp³-hybridized carbons (Fsp3) is 0.118. The first-order valence-electron chi connectivity index (χ1n) is 6.83. The first-order chi connectivity index (χ1) is 11.3. The molecule has 0 atom stereocenters. The van der Waals surface area contributed by atoms with Crippen LogP contribution in [0.15, 0.2) is 36.4 Å². The molecular weight excluding hydrogens is 337 g/mol. The zero-order valence-electron chi connectivity index (χ0n) is 12.9. The molecule has 0 aliphatic heterocycles. The molecule has 0 aliphatic rings. The maximum Gasteiger partial charge on any atom is 0.339 e. The average Bonchev–Trinajstić information content (AvgIpc) is 2.53. The highest BCUT2D eigenvalue weighted by Crippen LogP contribution is 2.22. The number of rotatable bonds is 4. The van der Waals surface area contributed by atoms with E-state index in [0.29, 0.717) is 0 Å². The Morgan fingerprint density at radius 2 is 1.75 bits per heavy atom. The number of anilines is 1. The Bertz CT molecular complexity index is 835. The molecule has 0 unspecified atom stereocenters. The fourth-order valence-electron chi connectivity index (χ4n) is 1.99. The number of carbonyl (C=O) groups is 3. The van der Waals surface area contributed by atoms with Gasteiger partial charge in [-0.25, -0.2) is 9.18 Å². The number of carbonyl (C=O) groups excluding carboxylic acids is 3. The third-order valence-corrected chi connectivity index (χ3v) is 3.57. The van der Waals surface area contributed by atoms with E-state index >= 15 is 0 Å². The van der Waals surface area contributed by atoms with Crippen molar-refractivity contribution in [2.75, 3.05) is 12.4 Å². The van der Waals surface area contributed by atoms with E-state index < -0.39 is 17.7 Å². The van der Waals surface area contributed by atoms with E-state index in [9.17, 15) is 18.8 Å². The van der Waals surface area contributed by atoms with Crippen LogP contribution in [0.3, 0.4) is 0 Å². The lowest BCUT2D eigenvalue weighted by molar-refractivity contribution is 0.0600. The van der Waals surface area contributed by atoms with Gasteiger partial charge in [-0.3, -0.25) is 9.59 Å². The van der Waals surface area contributed by atoms with Gasteiger partial charge in [0.05, 0.1) is 23.3 Å². The van der Waals surface area contributed by atoms with Crippen LogP contribution in [0.2, 0.25) is 5.02 Å². The molecule has 5 nitrogen and oxygen atoms in total. The van der Waals surface area contributed by atoms with Gasteiger partial charge in [-0.1, -0.05) is 17.7 Å². The largest absolute Gasteiger partial charge is 0.465 e. The molecule has 1 N–H and O–H groups in total. The van der Waals surface area contributed by atoms with E-state index in [0.717, 1.165) is 6.07 Å². The molecular formula is C17H13ClFNO4. The molecule has 0 heterocycles. The van der Waals surface area contributed by atoms with Crippen LogP contribution in [0.25, 0.3) is 0 Å². The van der Waals surface area contributed by atoms with Crippen molar-refractivity contribution in [2.45, 2.75) is 6.92 Å². The summed E-state index contributed by atoms with van der Waals surface area (Å²) >= 11 is 5.96. The lowest BCUT2D eigenvalue weighted by Gasteiger charge is -2.09. The smallest absolute Gasteiger partial charge is 0.339 e. The third-order valence-electron chi connectivity index (χ3n) is 3.25. The van der Waals surface area contributed by atoms with E-state index in [-0.39, 0.29) is 33.2 Å². The summed E-state index contributed by atoms with van der Waals surface area (Å²) in [4.78, 5) is 34.8. The van der Waals surface area contributed by atoms with Gasteiger partial charge in [0.1, 0.15) is 5.82 Å². The summed E-state index contributed by atoms with van der Waals surface area (Å²) < 4.78 is 18.5. The molecule has 124 valence electrons. The maximum atomic E-state index is 14.0.